The molecule has 34 heavy (non-hydrogen) atoms. The lowest BCUT2D eigenvalue weighted by atomic mass is 10.0. The summed E-state index contributed by atoms with van der Waals surface area (Å²) in [5.74, 6) is -9.52. The minimum absolute atomic E-state index is 0.000783. The summed E-state index contributed by atoms with van der Waals surface area (Å²) >= 11 is 0. The Hall–Kier alpha value is -3.69. The molecule has 0 unspecified atom stereocenters. The number of carbonyl (C=O) groups is 3. The SMILES string of the molecule is N[C@@H](CC(=O)N1CCn2c(nnc2C(F)(F)F)C1)Cc1cc(F)c(F)cc1F.O=C([O-])C(=O)[O-]. The number of nitrogens with two attached hydrogens (primary N) is 1. The third-order valence-corrected chi connectivity index (χ3v) is 4.53. The normalized spacial score (nSPS) is 14.0. The second kappa shape index (κ2) is 10.5. The summed E-state index contributed by atoms with van der Waals surface area (Å²) < 4.78 is 79.3. The average molecular weight is 495 g/mol. The van der Waals surface area contributed by atoms with Gasteiger partial charge in [0.2, 0.25) is 11.7 Å². The van der Waals surface area contributed by atoms with Crippen molar-refractivity contribution >= 4 is 17.8 Å². The number of carboxylic acids is 2. The number of fused-ring (bicyclic) bond motifs is 1. The first-order valence-corrected chi connectivity index (χ1v) is 9.29. The molecule has 186 valence electrons. The quantitative estimate of drug-likeness (QED) is 0.305. The van der Waals surface area contributed by atoms with Crippen LogP contribution in [-0.4, -0.2) is 50.1 Å². The number of nitrogens with zero attached hydrogens (tertiary/aromatic N) is 4. The maximum absolute atomic E-state index is 13.7. The van der Waals surface area contributed by atoms with Gasteiger partial charge in [0.25, 0.3) is 0 Å². The molecule has 0 saturated carbocycles. The van der Waals surface area contributed by atoms with Crippen LogP contribution < -0.4 is 15.9 Å². The second-order valence-electron chi connectivity index (χ2n) is 7.01. The van der Waals surface area contributed by atoms with Crippen molar-refractivity contribution < 1.29 is 50.9 Å². The van der Waals surface area contributed by atoms with E-state index in [1.165, 1.54) is 4.90 Å². The van der Waals surface area contributed by atoms with Gasteiger partial charge in [0.1, 0.15) is 5.82 Å². The van der Waals surface area contributed by atoms with Crippen LogP contribution in [0.1, 0.15) is 23.6 Å². The lowest BCUT2D eigenvalue weighted by Crippen LogP contribution is -2.42. The average Bonchev–Trinajstić information content (AvgIpc) is 3.16. The molecule has 1 aliphatic heterocycles. The summed E-state index contributed by atoms with van der Waals surface area (Å²) in [7, 11) is 0. The van der Waals surface area contributed by atoms with E-state index in [1.807, 2.05) is 0 Å². The number of carbonyl (C=O) groups excluding carboxylic acids is 3. The summed E-state index contributed by atoms with van der Waals surface area (Å²) in [6.07, 6.45) is -5.11. The molecule has 0 radical (unpaired) electrons. The highest BCUT2D eigenvalue weighted by Gasteiger charge is 2.40. The predicted octanol–water partition coefficient (Wildman–Crippen LogP) is -1.50. The molecule has 0 bridgehead atoms. The number of aromatic nitrogens is 3. The smallest absolute Gasteiger partial charge is 0.451 e. The molecule has 1 aromatic heterocycles. The van der Waals surface area contributed by atoms with Gasteiger partial charge in [0.05, 0.1) is 18.5 Å². The molecular weight excluding hydrogens is 480 g/mol. The summed E-state index contributed by atoms with van der Waals surface area (Å²) in [4.78, 5) is 31.5. The molecule has 2 heterocycles. The summed E-state index contributed by atoms with van der Waals surface area (Å²) in [6, 6.07) is 0.184. The fraction of sp³-hybridized carbons (Fsp3) is 0.389. The Morgan fingerprint density at radius 3 is 2.15 bits per heavy atom. The Bertz CT molecular complexity index is 1080. The number of amides is 1. The molecule has 0 spiro atoms. The first-order valence-electron chi connectivity index (χ1n) is 9.29. The Balaban J connectivity index is 0.000000604. The van der Waals surface area contributed by atoms with Gasteiger partial charge in [-0.2, -0.15) is 13.2 Å². The molecule has 10 nitrogen and oxygen atoms in total. The molecular formula is C18H15F6N5O5-2. The summed E-state index contributed by atoms with van der Waals surface area (Å²) in [6.45, 7) is -0.302. The van der Waals surface area contributed by atoms with Gasteiger partial charge in [-0.15, -0.1) is 10.2 Å². The van der Waals surface area contributed by atoms with E-state index >= 15 is 0 Å². The lowest BCUT2D eigenvalue weighted by molar-refractivity contribution is -0.345. The summed E-state index contributed by atoms with van der Waals surface area (Å²) in [5, 5.41) is 24.4. The fourth-order valence-corrected chi connectivity index (χ4v) is 3.01. The van der Waals surface area contributed by atoms with E-state index in [-0.39, 0.29) is 43.9 Å². The topological polar surface area (TPSA) is 157 Å². The highest BCUT2D eigenvalue weighted by molar-refractivity contribution is 6.25. The molecule has 2 aromatic rings. The number of alkyl halides is 3. The largest absolute Gasteiger partial charge is 0.543 e. The predicted molar refractivity (Wildman–Crippen MR) is 93.1 cm³/mol. The van der Waals surface area contributed by atoms with Crippen LogP contribution in [0.5, 0.6) is 0 Å². The van der Waals surface area contributed by atoms with Crippen molar-refractivity contribution in [3.05, 3.63) is 46.8 Å². The highest BCUT2D eigenvalue weighted by atomic mass is 19.4. The van der Waals surface area contributed by atoms with Crippen LogP contribution in [0, 0.1) is 17.5 Å². The van der Waals surface area contributed by atoms with E-state index in [0.29, 0.717) is 12.1 Å². The van der Waals surface area contributed by atoms with Crippen molar-refractivity contribution in [3.8, 4) is 0 Å². The number of hydrogen-bond donors (Lipinski definition) is 1. The minimum Gasteiger partial charge on any atom is -0.543 e. The Kier molecular flexibility index (Phi) is 8.20. The molecule has 1 aliphatic rings. The molecule has 0 aliphatic carbocycles. The Morgan fingerprint density at radius 1 is 1.00 bits per heavy atom. The second-order valence-corrected chi connectivity index (χ2v) is 7.01. The van der Waals surface area contributed by atoms with Gasteiger partial charge in [-0.3, -0.25) is 4.79 Å². The van der Waals surface area contributed by atoms with Gasteiger partial charge in [-0.25, -0.2) is 13.2 Å². The zero-order valence-corrected chi connectivity index (χ0v) is 16.9. The Morgan fingerprint density at radius 2 is 1.59 bits per heavy atom. The van der Waals surface area contributed by atoms with E-state index in [2.05, 4.69) is 10.2 Å². The molecule has 1 amide bonds. The highest BCUT2D eigenvalue weighted by Crippen LogP contribution is 2.29. The van der Waals surface area contributed by atoms with Crippen molar-refractivity contribution in [3.63, 3.8) is 0 Å². The van der Waals surface area contributed by atoms with Crippen molar-refractivity contribution in [1.29, 1.82) is 0 Å². The van der Waals surface area contributed by atoms with E-state index < -0.39 is 53.3 Å². The van der Waals surface area contributed by atoms with Gasteiger partial charge in [0.15, 0.2) is 17.5 Å². The van der Waals surface area contributed by atoms with Crippen LogP contribution >= 0.6 is 0 Å². The third-order valence-electron chi connectivity index (χ3n) is 4.53. The standard InChI is InChI=1S/C16H15F6N5O.C2H2O4/c17-10-6-12(19)11(18)4-8(10)3-9(23)5-14(28)26-1-2-27-13(7-26)24-25-15(27)16(20,21)22;3-1(4)2(5)6/h4,6,9H,1-3,5,7,23H2;(H,3,4)(H,5,6)/p-2/t9-;/m1./s1. The molecule has 0 fully saturated rings. The minimum atomic E-state index is -4.64. The number of halogens is 6. The molecule has 16 heteroatoms. The van der Waals surface area contributed by atoms with Gasteiger partial charge >= 0.3 is 6.18 Å². The van der Waals surface area contributed by atoms with E-state index in [1.54, 1.807) is 0 Å². The van der Waals surface area contributed by atoms with Crippen molar-refractivity contribution in [2.24, 2.45) is 5.73 Å². The van der Waals surface area contributed by atoms with E-state index in [4.69, 9.17) is 25.5 Å². The number of aliphatic carboxylic acids is 2. The molecule has 3 rings (SSSR count). The first kappa shape index (κ1) is 26.6. The van der Waals surface area contributed by atoms with Crippen LogP contribution in [-0.2, 0) is 40.1 Å². The van der Waals surface area contributed by atoms with E-state index in [9.17, 15) is 31.1 Å². The van der Waals surface area contributed by atoms with Crippen molar-refractivity contribution in [2.45, 2.75) is 38.1 Å². The molecule has 1 atom stereocenters. The monoisotopic (exact) mass is 495 g/mol. The van der Waals surface area contributed by atoms with Crippen LogP contribution in [0.4, 0.5) is 26.3 Å². The molecule has 0 saturated heterocycles. The zero-order chi connectivity index (χ0) is 25.8. The van der Waals surface area contributed by atoms with Crippen LogP contribution in [0.15, 0.2) is 12.1 Å². The van der Waals surface area contributed by atoms with Crippen molar-refractivity contribution in [2.75, 3.05) is 6.54 Å². The van der Waals surface area contributed by atoms with Gasteiger partial charge in [-0.05, 0) is 18.1 Å². The summed E-state index contributed by atoms with van der Waals surface area (Å²) in [5.41, 5.74) is 5.64. The van der Waals surface area contributed by atoms with Crippen LogP contribution in [0.3, 0.4) is 0 Å². The molecule has 1 aromatic carbocycles. The third kappa shape index (κ3) is 6.66. The number of rotatable bonds is 4. The lowest BCUT2D eigenvalue weighted by Gasteiger charge is -2.29. The maximum atomic E-state index is 13.7. The zero-order valence-electron chi connectivity index (χ0n) is 16.9. The number of benzene rings is 1. The van der Waals surface area contributed by atoms with E-state index in [0.717, 1.165) is 4.57 Å². The van der Waals surface area contributed by atoms with Crippen LogP contribution in [0.2, 0.25) is 0 Å². The Labute approximate surface area is 186 Å². The number of hydrogen-bond acceptors (Lipinski definition) is 8. The molecule has 2 N–H and O–H groups in total. The number of carboxylic acid groups (broad SMARTS) is 2. The van der Waals surface area contributed by atoms with Crippen LogP contribution in [0.25, 0.3) is 0 Å². The van der Waals surface area contributed by atoms with Gasteiger partial charge in [-0.1, -0.05) is 0 Å². The fourth-order valence-electron chi connectivity index (χ4n) is 3.01. The first-order chi connectivity index (χ1) is 15.7. The van der Waals surface area contributed by atoms with Crippen molar-refractivity contribution in [1.82, 2.24) is 19.7 Å². The van der Waals surface area contributed by atoms with Gasteiger partial charge in [0, 0.05) is 31.6 Å². The maximum Gasteiger partial charge on any atom is 0.451 e. The van der Waals surface area contributed by atoms with Gasteiger partial charge < -0.3 is 35.0 Å².